The molecule has 0 atom stereocenters. The van der Waals surface area contributed by atoms with Gasteiger partial charge >= 0.3 is 6.09 Å². The molecule has 0 unspecified atom stereocenters. The zero-order chi connectivity index (χ0) is 16.2. The number of amides is 1. The highest BCUT2D eigenvalue weighted by atomic mass is 16.6. The molecule has 1 aromatic carbocycles. The third-order valence-corrected chi connectivity index (χ3v) is 2.82. The number of pyridine rings is 1. The Labute approximate surface area is 129 Å². The Morgan fingerprint density at radius 3 is 2.45 bits per heavy atom. The van der Waals surface area contributed by atoms with Crippen molar-refractivity contribution in [1.82, 2.24) is 4.98 Å². The van der Waals surface area contributed by atoms with Crippen molar-refractivity contribution in [1.29, 1.82) is 0 Å². The van der Waals surface area contributed by atoms with Crippen LogP contribution in [0.25, 0.3) is 11.1 Å². The molecule has 2 rings (SSSR count). The number of rotatable bonds is 3. The first-order valence-corrected chi connectivity index (χ1v) is 6.89. The molecule has 1 amide bonds. The molecule has 22 heavy (non-hydrogen) atoms. The fraction of sp³-hybridized carbons (Fsp3) is 0.235. The van der Waals surface area contributed by atoms with Crippen molar-refractivity contribution < 1.29 is 14.3 Å². The van der Waals surface area contributed by atoms with E-state index in [0.717, 1.165) is 17.4 Å². The van der Waals surface area contributed by atoms with E-state index in [1.165, 1.54) is 6.20 Å². The highest BCUT2D eigenvalue weighted by Gasteiger charge is 2.16. The zero-order valence-corrected chi connectivity index (χ0v) is 12.8. The van der Waals surface area contributed by atoms with E-state index in [9.17, 15) is 9.59 Å². The van der Waals surface area contributed by atoms with Crippen molar-refractivity contribution in [2.24, 2.45) is 0 Å². The van der Waals surface area contributed by atoms with Crippen LogP contribution in [0.4, 0.5) is 10.5 Å². The van der Waals surface area contributed by atoms with Crippen LogP contribution < -0.4 is 5.32 Å². The summed E-state index contributed by atoms with van der Waals surface area (Å²) < 4.78 is 5.19. The van der Waals surface area contributed by atoms with Gasteiger partial charge in [-0.15, -0.1) is 0 Å². The number of aromatic nitrogens is 1. The molecule has 0 aliphatic carbocycles. The van der Waals surface area contributed by atoms with Crippen LogP contribution in [-0.2, 0) is 4.74 Å². The van der Waals surface area contributed by atoms with Crippen molar-refractivity contribution in [2.45, 2.75) is 26.4 Å². The summed E-state index contributed by atoms with van der Waals surface area (Å²) in [7, 11) is 0. The first-order valence-electron chi connectivity index (χ1n) is 6.89. The summed E-state index contributed by atoms with van der Waals surface area (Å²) in [6, 6.07) is 8.95. The van der Waals surface area contributed by atoms with Crippen LogP contribution in [0, 0.1) is 0 Å². The molecule has 5 heteroatoms. The van der Waals surface area contributed by atoms with Crippen molar-refractivity contribution in [3.63, 3.8) is 0 Å². The minimum atomic E-state index is -0.542. The van der Waals surface area contributed by atoms with Gasteiger partial charge in [-0.05, 0) is 50.1 Å². The summed E-state index contributed by atoms with van der Waals surface area (Å²) in [5.74, 6) is 0. The van der Waals surface area contributed by atoms with Crippen LogP contribution in [0.2, 0.25) is 0 Å². The number of carbonyl (C=O) groups excluding carboxylic acids is 2. The minimum Gasteiger partial charge on any atom is -0.444 e. The summed E-state index contributed by atoms with van der Waals surface area (Å²) >= 11 is 0. The molecule has 0 aliphatic rings. The molecule has 0 bridgehead atoms. The lowest BCUT2D eigenvalue weighted by Crippen LogP contribution is -2.27. The maximum atomic E-state index is 11.7. The molecule has 0 fully saturated rings. The first-order chi connectivity index (χ1) is 10.4. The second-order valence-electron chi connectivity index (χ2n) is 5.79. The topological polar surface area (TPSA) is 68.3 Å². The minimum absolute atomic E-state index is 0.502. The lowest BCUT2D eigenvalue weighted by molar-refractivity contribution is 0.0636. The number of nitrogens with zero attached hydrogens (tertiary/aromatic N) is 1. The lowest BCUT2D eigenvalue weighted by atomic mass is 10.0. The summed E-state index contributed by atoms with van der Waals surface area (Å²) in [5.41, 5.74) is 2.28. The second-order valence-corrected chi connectivity index (χ2v) is 5.79. The van der Waals surface area contributed by atoms with E-state index in [2.05, 4.69) is 10.3 Å². The highest BCUT2D eigenvalue weighted by Crippen LogP contribution is 2.23. The van der Waals surface area contributed by atoms with Gasteiger partial charge in [-0.25, -0.2) is 4.79 Å². The molecular weight excluding hydrogens is 280 g/mol. The Kier molecular flexibility index (Phi) is 4.56. The van der Waals surface area contributed by atoms with Crippen molar-refractivity contribution in [2.75, 3.05) is 5.32 Å². The SMILES string of the molecule is CC(C)(C)OC(=O)Nc1ccc(-c2ccncc2C=O)cc1. The zero-order valence-electron chi connectivity index (χ0n) is 12.8. The number of anilines is 1. The van der Waals surface area contributed by atoms with Crippen LogP contribution >= 0.6 is 0 Å². The van der Waals surface area contributed by atoms with E-state index in [-0.39, 0.29) is 0 Å². The number of hydrogen-bond acceptors (Lipinski definition) is 4. The Bertz CT molecular complexity index is 673. The van der Waals surface area contributed by atoms with E-state index in [1.54, 1.807) is 45.2 Å². The first kappa shape index (κ1) is 15.7. The van der Waals surface area contributed by atoms with E-state index >= 15 is 0 Å². The molecule has 1 aromatic heterocycles. The van der Waals surface area contributed by atoms with E-state index < -0.39 is 11.7 Å². The molecule has 114 valence electrons. The standard InChI is InChI=1S/C17H18N2O3/c1-17(2,3)22-16(21)19-14-6-4-12(5-7-14)15-8-9-18-10-13(15)11-20/h4-11H,1-3H3,(H,19,21). The van der Waals surface area contributed by atoms with Crippen molar-refractivity contribution in [3.8, 4) is 11.1 Å². The van der Waals surface area contributed by atoms with Gasteiger partial charge in [0.25, 0.3) is 0 Å². The van der Waals surface area contributed by atoms with Crippen LogP contribution in [0.15, 0.2) is 42.7 Å². The molecule has 0 aliphatic heterocycles. The van der Waals surface area contributed by atoms with Gasteiger partial charge in [0.05, 0.1) is 0 Å². The van der Waals surface area contributed by atoms with E-state index in [1.807, 2.05) is 12.1 Å². The molecule has 1 heterocycles. The van der Waals surface area contributed by atoms with Gasteiger partial charge in [-0.2, -0.15) is 0 Å². The number of hydrogen-bond donors (Lipinski definition) is 1. The van der Waals surface area contributed by atoms with E-state index in [4.69, 9.17) is 4.74 Å². The third-order valence-electron chi connectivity index (χ3n) is 2.82. The summed E-state index contributed by atoms with van der Waals surface area (Å²) in [6.07, 6.45) is 3.43. The number of aldehydes is 1. The normalized spacial score (nSPS) is 10.9. The largest absolute Gasteiger partial charge is 0.444 e. The average Bonchev–Trinajstić information content (AvgIpc) is 2.46. The average molecular weight is 298 g/mol. The molecule has 0 spiro atoms. The number of nitrogens with one attached hydrogen (secondary N) is 1. The lowest BCUT2D eigenvalue weighted by Gasteiger charge is -2.19. The van der Waals surface area contributed by atoms with Crippen molar-refractivity contribution >= 4 is 18.1 Å². The molecule has 1 N–H and O–H groups in total. The smallest absolute Gasteiger partial charge is 0.412 e. The Hall–Kier alpha value is -2.69. The Balaban J connectivity index is 2.14. The Morgan fingerprint density at radius 2 is 1.86 bits per heavy atom. The predicted molar refractivity (Wildman–Crippen MR) is 84.9 cm³/mol. The van der Waals surface area contributed by atoms with Crippen LogP contribution in [0.3, 0.4) is 0 Å². The van der Waals surface area contributed by atoms with Crippen LogP contribution in [0.1, 0.15) is 31.1 Å². The fourth-order valence-electron chi connectivity index (χ4n) is 1.92. The molecule has 0 saturated carbocycles. The van der Waals surface area contributed by atoms with Crippen LogP contribution in [0.5, 0.6) is 0 Å². The van der Waals surface area contributed by atoms with Gasteiger partial charge < -0.3 is 4.74 Å². The number of benzene rings is 1. The third kappa shape index (κ3) is 4.15. The van der Waals surface area contributed by atoms with Gasteiger partial charge in [-0.1, -0.05) is 12.1 Å². The molecular formula is C17H18N2O3. The monoisotopic (exact) mass is 298 g/mol. The summed E-state index contributed by atoms with van der Waals surface area (Å²) in [6.45, 7) is 5.42. The van der Waals surface area contributed by atoms with Gasteiger partial charge in [0, 0.05) is 23.6 Å². The van der Waals surface area contributed by atoms with Gasteiger partial charge in [-0.3, -0.25) is 15.1 Å². The Morgan fingerprint density at radius 1 is 1.18 bits per heavy atom. The molecule has 0 saturated heterocycles. The number of ether oxygens (including phenoxy) is 1. The molecule has 2 aromatic rings. The maximum absolute atomic E-state index is 11.7. The fourth-order valence-corrected chi connectivity index (χ4v) is 1.92. The maximum Gasteiger partial charge on any atom is 0.412 e. The quantitative estimate of drug-likeness (QED) is 0.872. The van der Waals surface area contributed by atoms with Gasteiger partial charge in [0.1, 0.15) is 5.60 Å². The van der Waals surface area contributed by atoms with E-state index in [0.29, 0.717) is 11.3 Å². The molecule has 0 radical (unpaired) electrons. The summed E-state index contributed by atoms with van der Waals surface area (Å²) in [4.78, 5) is 26.7. The summed E-state index contributed by atoms with van der Waals surface area (Å²) in [5, 5.41) is 2.66. The van der Waals surface area contributed by atoms with Crippen molar-refractivity contribution in [3.05, 3.63) is 48.3 Å². The predicted octanol–water partition coefficient (Wildman–Crippen LogP) is 3.91. The second kappa shape index (κ2) is 6.39. The van der Waals surface area contributed by atoms with Gasteiger partial charge in [0.15, 0.2) is 6.29 Å². The number of carbonyl (C=O) groups is 2. The van der Waals surface area contributed by atoms with Crippen LogP contribution in [-0.4, -0.2) is 23.0 Å². The van der Waals surface area contributed by atoms with Gasteiger partial charge in [0.2, 0.25) is 0 Å². The molecule has 5 nitrogen and oxygen atoms in total. The highest BCUT2D eigenvalue weighted by molar-refractivity contribution is 5.88.